The highest BCUT2D eigenvalue weighted by Crippen LogP contribution is 2.45. The molecular weight excluding hydrogens is 274 g/mol. The SMILES string of the molecule is Cc1nsc(N2[C@H]3CC[C@H]2[C@H](C(=O)OC(C)(C)C)C3)n1. The minimum Gasteiger partial charge on any atom is -0.460 e. The lowest BCUT2D eigenvalue weighted by Gasteiger charge is -2.26. The van der Waals surface area contributed by atoms with Crippen molar-refractivity contribution in [2.75, 3.05) is 4.90 Å². The second-order valence-electron chi connectivity index (χ2n) is 6.71. The fourth-order valence-electron chi connectivity index (χ4n) is 3.31. The molecule has 3 atom stereocenters. The van der Waals surface area contributed by atoms with Gasteiger partial charge in [-0.3, -0.25) is 4.79 Å². The molecule has 20 heavy (non-hydrogen) atoms. The normalized spacial score (nSPS) is 29.0. The predicted octanol–water partition coefficient (Wildman–Crippen LogP) is 2.55. The fraction of sp³-hybridized carbons (Fsp3) is 0.786. The number of aryl methyl sites for hydroxylation is 1. The van der Waals surface area contributed by atoms with Crippen molar-refractivity contribution in [3.8, 4) is 0 Å². The van der Waals surface area contributed by atoms with Crippen molar-refractivity contribution in [3.63, 3.8) is 0 Å². The van der Waals surface area contributed by atoms with Crippen molar-refractivity contribution in [2.24, 2.45) is 5.92 Å². The lowest BCUT2D eigenvalue weighted by atomic mass is 9.89. The summed E-state index contributed by atoms with van der Waals surface area (Å²) >= 11 is 1.43. The van der Waals surface area contributed by atoms with Crippen LogP contribution in [0.1, 0.15) is 45.9 Å². The molecule has 0 spiro atoms. The van der Waals surface area contributed by atoms with E-state index in [2.05, 4.69) is 14.3 Å². The Morgan fingerprint density at radius 3 is 2.75 bits per heavy atom. The Morgan fingerprint density at radius 1 is 1.40 bits per heavy atom. The summed E-state index contributed by atoms with van der Waals surface area (Å²) < 4.78 is 9.83. The first-order valence-corrected chi connectivity index (χ1v) is 7.94. The van der Waals surface area contributed by atoms with Gasteiger partial charge in [0.25, 0.3) is 0 Å². The second-order valence-corrected chi connectivity index (χ2v) is 7.44. The van der Waals surface area contributed by atoms with Crippen molar-refractivity contribution < 1.29 is 9.53 Å². The van der Waals surface area contributed by atoms with E-state index < -0.39 is 5.60 Å². The van der Waals surface area contributed by atoms with Gasteiger partial charge in [-0.2, -0.15) is 4.37 Å². The molecule has 0 amide bonds. The van der Waals surface area contributed by atoms with E-state index in [1.807, 2.05) is 27.7 Å². The first kappa shape index (κ1) is 13.8. The van der Waals surface area contributed by atoms with E-state index in [-0.39, 0.29) is 17.9 Å². The molecule has 3 rings (SSSR count). The maximum absolute atomic E-state index is 12.4. The topological polar surface area (TPSA) is 55.3 Å². The monoisotopic (exact) mass is 295 g/mol. The molecule has 0 aromatic carbocycles. The molecule has 2 aliphatic rings. The first-order valence-electron chi connectivity index (χ1n) is 7.16. The number of ether oxygens (including phenoxy) is 1. The van der Waals surface area contributed by atoms with Gasteiger partial charge in [-0.25, -0.2) is 4.98 Å². The number of carbonyl (C=O) groups excluding carboxylic acids is 1. The molecule has 2 aliphatic heterocycles. The molecular formula is C14H21N3O2S. The van der Waals surface area contributed by atoms with E-state index in [9.17, 15) is 4.79 Å². The number of hydrogen-bond acceptors (Lipinski definition) is 6. The third kappa shape index (κ3) is 2.41. The van der Waals surface area contributed by atoms with Crippen LogP contribution in [-0.4, -0.2) is 33.0 Å². The molecule has 6 heteroatoms. The number of anilines is 1. The minimum absolute atomic E-state index is 0.0165. The van der Waals surface area contributed by atoms with Gasteiger partial charge in [0.05, 0.1) is 5.92 Å². The van der Waals surface area contributed by atoms with E-state index in [1.54, 1.807) is 0 Å². The van der Waals surface area contributed by atoms with Crippen molar-refractivity contribution >= 4 is 22.6 Å². The summed E-state index contributed by atoms with van der Waals surface area (Å²) in [6, 6.07) is 0.659. The number of esters is 1. The average Bonchev–Trinajstić information content (AvgIpc) is 2.99. The lowest BCUT2D eigenvalue weighted by molar-refractivity contribution is -0.160. The highest BCUT2D eigenvalue weighted by molar-refractivity contribution is 7.09. The zero-order chi connectivity index (χ0) is 14.5. The number of fused-ring (bicyclic) bond motifs is 2. The van der Waals surface area contributed by atoms with Crippen LogP contribution in [0.15, 0.2) is 0 Å². The van der Waals surface area contributed by atoms with Crippen molar-refractivity contribution in [3.05, 3.63) is 5.82 Å². The van der Waals surface area contributed by atoms with Crippen LogP contribution in [0.2, 0.25) is 0 Å². The van der Waals surface area contributed by atoms with Gasteiger partial charge in [-0.1, -0.05) is 0 Å². The van der Waals surface area contributed by atoms with Crippen LogP contribution in [0.4, 0.5) is 5.13 Å². The highest BCUT2D eigenvalue weighted by atomic mass is 32.1. The summed E-state index contributed by atoms with van der Waals surface area (Å²) in [4.78, 5) is 19.1. The first-order chi connectivity index (χ1) is 9.35. The molecule has 3 heterocycles. The van der Waals surface area contributed by atoms with E-state index in [0.717, 1.165) is 30.2 Å². The van der Waals surface area contributed by atoms with Gasteiger partial charge in [0.1, 0.15) is 11.4 Å². The van der Waals surface area contributed by atoms with Gasteiger partial charge in [-0.05, 0) is 47.0 Å². The Hall–Kier alpha value is -1.17. The van der Waals surface area contributed by atoms with Crippen LogP contribution in [0.3, 0.4) is 0 Å². The van der Waals surface area contributed by atoms with Crippen LogP contribution in [0.5, 0.6) is 0 Å². The molecule has 0 N–H and O–H groups in total. The van der Waals surface area contributed by atoms with Gasteiger partial charge in [0.15, 0.2) is 0 Å². The summed E-state index contributed by atoms with van der Waals surface area (Å²) in [5.74, 6) is 0.734. The summed E-state index contributed by atoms with van der Waals surface area (Å²) in [6.07, 6.45) is 3.08. The molecule has 0 unspecified atom stereocenters. The van der Waals surface area contributed by atoms with Crippen molar-refractivity contribution in [1.82, 2.24) is 9.36 Å². The molecule has 1 aromatic rings. The Balaban J connectivity index is 1.77. The number of aromatic nitrogens is 2. The molecule has 0 saturated carbocycles. The van der Waals surface area contributed by atoms with Crippen molar-refractivity contribution in [2.45, 2.75) is 64.6 Å². The van der Waals surface area contributed by atoms with Gasteiger partial charge >= 0.3 is 5.97 Å². The third-order valence-corrected chi connectivity index (χ3v) is 4.80. The molecule has 2 fully saturated rings. The molecule has 2 bridgehead atoms. The largest absolute Gasteiger partial charge is 0.460 e. The fourth-order valence-corrected chi connectivity index (χ4v) is 4.11. The molecule has 0 aliphatic carbocycles. The maximum Gasteiger partial charge on any atom is 0.311 e. The number of rotatable bonds is 2. The van der Waals surface area contributed by atoms with E-state index in [4.69, 9.17) is 4.74 Å². The second kappa shape index (κ2) is 4.69. The summed E-state index contributed by atoms with van der Waals surface area (Å²) in [7, 11) is 0. The van der Waals surface area contributed by atoms with Gasteiger partial charge < -0.3 is 9.64 Å². The van der Waals surface area contributed by atoms with Crippen LogP contribution < -0.4 is 4.90 Å². The summed E-state index contributed by atoms with van der Waals surface area (Å²) in [5.41, 5.74) is -0.414. The summed E-state index contributed by atoms with van der Waals surface area (Å²) in [6.45, 7) is 7.67. The zero-order valence-corrected chi connectivity index (χ0v) is 13.2. The standard InChI is InChI=1S/C14H21N3O2S/c1-8-15-13(20-16-8)17-9-5-6-11(17)10(7-9)12(18)19-14(2,3)4/h9-11H,5-7H2,1-4H3/t9-,10+,11-/m0/s1. The quantitative estimate of drug-likeness (QED) is 0.785. The zero-order valence-electron chi connectivity index (χ0n) is 12.4. The van der Waals surface area contributed by atoms with Gasteiger partial charge in [0, 0.05) is 23.6 Å². The molecule has 110 valence electrons. The Morgan fingerprint density at radius 2 is 2.15 bits per heavy atom. The third-order valence-electron chi connectivity index (χ3n) is 3.98. The minimum atomic E-state index is -0.414. The van der Waals surface area contributed by atoms with Crippen LogP contribution in [-0.2, 0) is 9.53 Å². The Kier molecular flexibility index (Phi) is 3.23. The molecule has 0 radical (unpaired) electrons. The van der Waals surface area contributed by atoms with Crippen LogP contribution >= 0.6 is 11.5 Å². The summed E-state index contributed by atoms with van der Waals surface area (Å²) in [5, 5.41) is 0.959. The maximum atomic E-state index is 12.4. The Bertz CT molecular complexity index is 523. The van der Waals surface area contributed by atoms with Gasteiger partial charge in [0.2, 0.25) is 5.13 Å². The number of hydrogen-bond donors (Lipinski definition) is 0. The van der Waals surface area contributed by atoms with E-state index >= 15 is 0 Å². The van der Waals surface area contributed by atoms with Crippen LogP contribution in [0.25, 0.3) is 0 Å². The van der Waals surface area contributed by atoms with Crippen molar-refractivity contribution in [1.29, 1.82) is 0 Å². The smallest absolute Gasteiger partial charge is 0.311 e. The van der Waals surface area contributed by atoms with E-state index in [1.165, 1.54) is 11.5 Å². The molecule has 5 nitrogen and oxygen atoms in total. The molecule has 2 saturated heterocycles. The average molecular weight is 295 g/mol. The van der Waals surface area contributed by atoms with E-state index in [0.29, 0.717) is 6.04 Å². The molecule has 1 aromatic heterocycles. The predicted molar refractivity (Wildman–Crippen MR) is 77.9 cm³/mol. The number of carbonyl (C=O) groups is 1. The Labute approximate surface area is 123 Å². The number of nitrogens with zero attached hydrogens (tertiary/aromatic N) is 3. The highest BCUT2D eigenvalue weighted by Gasteiger charge is 2.51. The lowest BCUT2D eigenvalue weighted by Crippen LogP contribution is -2.36. The van der Waals surface area contributed by atoms with Gasteiger partial charge in [-0.15, -0.1) is 0 Å². The van der Waals surface area contributed by atoms with Crippen LogP contribution in [0, 0.1) is 12.8 Å².